The molecule has 39 heavy (non-hydrogen) atoms. The van der Waals surface area contributed by atoms with Crippen LogP contribution in [0, 0.1) is 22.7 Å². The second-order valence-corrected chi connectivity index (χ2v) is 9.91. The maximum atomic E-state index is 12.4. The minimum atomic E-state index is -1.42. The first-order valence-electron chi connectivity index (χ1n) is 12.3. The van der Waals surface area contributed by atoms with Crippen LogP contribution in [-0.2, 0) is 16.0 Å². The van der Waals surface area contributed by atoms with Gasteiger partial charge in [-0.1, -0.05) is 49.0 Å². The molecule has 204 valence electrons. The number of hydrogen-bond donors (Lipinski definition) is 5. The molecule has 2 heterocycles. The van der Waals surface area contributed by atoms with Crippen molar-refractivity contribution in [1.82, 2.24) is 15.6 Å². The fourth-order valence-electron chi connectivity index (χ4n) is 4.41. The monoisotopic (exact) mass is 551 g/mol. The second kappa shape index (κ2) is 13.5. The van der Waals surface area contributed by atoms with E-state index in [9.17, 15) is 30.0 Å². The van der Waals surface area contributed by atoms with Crippen molar-refractivity contribution in [3.63, 3.8) is 0 Å². The number of thioether (sulfide) groups is 1. The lowest BCUT2D eigenvalue weighted by molar-refractivity contribution is -0.124. The van der Waals surface area contributed by atoms with Gasteiger partial charge >= 0.3 is 6.09 Å². The first-order valence-corrected chi connectivity index (χ1v) is 13.2. The highest BCUT2D eigenvalue weighted by Gasteiger charge is 2.30. The highest BCUT2D eigenvalue weighted by atomic mass is 32.2. The van der Waals surface area contributed by atoms with Crippen molar-refractivity contribution in [2.24, 2.45) is 5.73 Å². The molecule has 1 aromatic carbocycles. The number of benzene rings is 1. The van der Waals surface area contributed by atoms with Crippen LogP contribution >= 0.6 is 11.8 Å². The maximum Gasteiger partial charge on any atom is 0.405 e. The lowest BCUT2D eigenvalue weighted by atomic mass is 9.99. The van der Waals surface area contributed by atoms with Gasteiger partial charge in [0.25, 0.3) is 0 Å². The van der Waals surface area contributed by atoms with Gasteiger partial charge in [0.2, 0.25) is 11.8 Å². The number of hydrogen-bond acceptors (Lipinski definition) is 9. The molecule has 6 N–H and O–H groups in total. The number of aliphatic hydroxyl groups is 1. The minimum absolute atomic E-state index is 0.230. The average molecular weight is 552 g/mol. The number of aliphatic hydroxyl groups excluding tert-OH is 1. The summed E-state index contributed by atoms with van der Waals surface area (Å²) >= 11 is 1.07. The molecule has 2 atom stereocenters. The zero-order valence-electron chi connectivity index (χ0n) is 21.3. The Morgan fingerprint density at radius 1 is 1.18 bits per heavy atom. The van der Waals surface area contributed by atoms with Gasteiger partial charge in [0, 0.05) is 19.1 Å². The Hall–Kier alpha value is -4.33. The molecule has 1 aromatic heterocycles. The summed E-state index contributed by atoms with van der Waals surface area (Å²) in [5.74, 6) is -0.827. The Labute approximate surface area is 229 Å². The summed E-state index contributed by atoms with van der Waals surface area (Å²) in [4.78, 5) is 42.2. The van der Waals surface area contributed by atoms with Gasteiger partial charge in [-0.15, -0.1) is 0 Å². The van der Waals surface area contributed by atoms with E-state index in [4.69, 9.17) is 15.8 Å². The van der Waals surface area contributed by atoms with Crippen LogP contribution in [0.5, 0.6) is 0 Å². The third-order valence-corrected chi connectivity index (χ3v) is 7.61. The Bertz CT molecular complexity index is 1300. The number of amides is 3. The molecular weight excluding hydrogens is 522 g/mol. The van der Waals surface area contributed by atoms with Crippen molar-refractivity contribution in [3.8, 4) is 12.1 Å². The van der Waals surface area contributed by atoms with E-state index in [1.54, 1.807) is 24.3 Å². The van der Waals surface area contributed by atoms with Gasteiger partial charge in [0.15, 0.2) is 0 Å². The van der Waals surface area contributed by atoms with Crippen LogP contribution in [-0.4, -0.2) is 64.9 Å². The van der Waals surface area contributed by atoms with Crippen molar-refractivity contribution < 1.29 is 24.6 Å². The molecule has 1 unspecified atom stereocenters. The van der Waals surface area contributed by atoms with Crippen LogP contribution < -0.4 is 21.3 Å². The molecule has 2 aromatic rings. The van der Waals surface area contributed by atoms with E-state index in [0.717, 1.165) is 11.8 Å². The zero-order valence-corrected chi connectivity index (χ0v) is 22.1. The number of piperidine rings is 1. The van der Waals surface area contributed by atoms with Crippen LogP contribution in [0.3, 0.4) is 0 Å². The molecule has 3 amide bonds. The number of carbonyl (C=O) groups excluding carboxylic acids is 2. The summed E-state index contributed by atoms with van der Waals surface area (Å²) in [6, 6.07) is 11.7. The van der Waals surface area contributed by atoms with Crippen molar-refractivity contribution >= 4 is 35.5 Å². The summed E-state index contributed by atoms with van der Waals surface area (Å²) in [5.41, 5.74) is 7.42. The Morgan fingerprint density at radius 2 is 1.82 bits per heavy atom. The summed E-state index contributed by atoms with van der Waals surface area (Å²) in [6.45, 7) is 2.00. The molecule has 1 fully saturated rings. The number of rotatable bonds is 10. The largest absolute Gasteiger partial charge is 0.465 e. The normalized spacial score (nSPS) is 14.9. The quantitative estimate of drug-likeness (QED) is 0.268. The van der Waals surface area contributed by atoms with E-state index in [0.29, 0.717) is 54.3 Å². The van der Waals surface area contributed by atoms with Gasteiger partial charge in [-0.3, -0.25) is 9.59 Å². The molecule has 12 nitrogen and oxygen atoms in total. The summed E-state index contributed by atoms with van der Waals surface area (Å²) in [6.07, 6.45) is -0.0725. The van der Waals surface area contributed by atoms with E-state index in [1.165, 1.54) is 0 Å². The van der Waals surface area contributed by atoms with Crippen molar-refractivity contribution in [1.29, 1.82) is 10.5 Å². The smallest absolute Gasteiger partial charge is 0.405 e. The van der Waals surface area contributed by atoms with Gasteiger partial charge in [0.05, 0.1) is 17.7 Å². The van der Waals surface area contributed by atoms with E-state index in [1.807, 2.05) is 23.2 Å². The zero-order chi connectivity index (χ0) is 28.5. The number of nitrogens with zero attached hydrogens (tertiary/aromatic N) is 4. The van der Waals surface area contributed by atoms with Crippen molar-refractivity contribution in [2.45, 2.75) is 48.5 Å². The molecule has 0 bridgehead atoms. The fraction of sp³-hybridized carbons (Fsp3) is 0.385. The Morgan fingerprint density at radius 3 is 2.33 bits per heavy atom. The molecule has 0 spiro atoms. The van der Waals surface area contributed by atoms with Crippen LogP contribution in [0.25, 0.3) is 0 Å². The highest BCUT2D eigenvalue weighted by Crippen LogP contribution is 2.39. The van der Waals surface area contributed by atoms with Gasteiger partial charge in [-0.2, -0.15) is 10.5 Å². The fourth-order valence-corrected chi connectivity index (χ4v) is 5.47. The van der Waals surface area contributed by atoms with Gasteiger partial charge in [-0.05, 0) is 30.4 Å². The average Bonchev–Trinajstić information content (AvgIpc) is 2.94. The first-order chi connectivity index (χ1) is 18.7. The third-order valence-electron chi connectivity index (χ3n) is 6.35. The maximum absolute atomic E-state index is 12.4. The number of nitrogens with one attached hydrogen (secondary N) is 2. The van der Waals surface area contributed by atoms with Gasteiger partial charge in [-0.25, -0.2) is 9.78 Å². The lowest BCUT2D eigenvalue weighted by Crippen LogP contribution is -2.53. The summed E-state index contributed by atoms with van der Waals surface area (Å²) in [5, 5.41) is 42.4. The van der Waals surface area contributed by atoms with E-state index >= 15 is 0 Å². The molecule has 0 saturated carbocycles. The molecule has 0 radical (unpaired) electrons. The van der Waals surface area contributed by atoms with Gasteiger partial charge < -0.3 is 31.5 Å². The number of carbonyl (C=O) groups is 3. The number of carboxylic acid groups (broad SMARTS) is 1. The lowest BCUT2D eigenvalue weighted by Gasteiger charge is -2.34. The van der Waals surface area contributed by atoms with Crippen molar-refractivity contribution in [3.05, 3.63) is 52.6 Å². The van der Waals surface area contributed by atoms with E-state index < -0.39 is 35.8 Å². The molecule has 13 heteroatoms. The topological polar surface area (TPSA) is 205 Å². The predicted molar refractivity (Wildman–Crippen MR) is 143 cm³/mol. The molecule has 0 aliphatic carbocycles. The predicted octanol–water partition coefficient (Wildman–Crippen LogP) is 1.42. The number of pyridine rings is 1. The third kappa shape index (κ3) is 6.96. The molecule has 1 aliphatic rings. The summed E-state index contributed by atoms with van der Waals surface area (Å²) in [7, 11) is 0. The molecule has 1 saturated heterocycles. The summed E-state index contributed by atoms with van der Waals surface area (Å²) < 4.78 is 0. The number of primary amides is 1. The van der Waals surface area contributed by atoms with E-state index in [2.05, 4.69) is 17.5 Å². The Balaban J connectivity index is 1.88. The second-order valence-electron chi connectivity index (χ2n) is 8.81. The van der Waals surface area contributed by atoms with Crippen LogP contribution in [0.15, 0.2) is 35.4 Å². The van der Waals surface area contributed by atoms with E-state index in [-0.39, 0.29) is 17.2 Å². The molecule has 1 aliphatic heterocycles. The number of anilines is 1. The first kappa shape index (κ1) is 29.2. The minimum Gasteiger partial charge on any atom is -0.465 e. The SMILES string of the molecule is CCc1c(C#N)c(SC(C(N)=O)c2ccccc2)nc(N2CCC(NC(=O)[C@H](CO)NC(=O)O)CC2)c1C#N. The van der Waals surface area contributed by atoms with Crippen LogP contribution in [0.2, 0.25) is 0 Å². The van der Waals surface area contributed by atoms with Crippen molar-refractivity contribution in [2.75, 3.05) is 24.6 Å². The number of aromatic nitrogens is 1. The molecular formula is C26H29N7O5S. The Kier molecular flexibility index (Phi) is 10.1. The molecule has 3 rings (SSSR count). The van der Waals surface area contributed by atoms with Gasteiger partial charge in [0.1, 0.15) is 34.3 Å². The highest BCUT2D eigenvalue weighted by molar-refractivity contribution is 8.00. The standard InChI is InChI=1S/C26H29N7O5S/c1-2-17-18(12-27)23(33-10-8-16(9-11-33)30-24(36)20(14-34)31-26(37)38)32-25(19(17)13-28)39-21(22(29)35)15-6-4-3-5-7-15/h3-7,16,20-21,31,34H,2,8-11,14H2,1H3,(H2,29,35)(H,30,36)(H,37,38)/t20-,21?/m0/s1. The number of nitriles is 2. The number of nitrogens with two attached hydrogens (primary N) is 1. The van der Waals surface area contributed by atoms with Crippen LogP contribution in [0.4, 0.5) is 10.6 Å². The van der Waals surface area contributed by atoms with Crippen LogP contribution in [0.1, 0.15) is 47.3 Å².